The third kappa shape index (κ3) is 4.03. The highest BCUT2D eigenvalue weighted by Crippen LogP contribution is 2.29. The van der Waals surface area contributed by atoms with Crippen molar-refractivity contribution < 1.29 is 18.3 Å². The Morgan fingerprint density at radius 3 is 2.52 bits per heavy atom. The molecule has 0 bridgehead atoms. The lowest BCUT2D eigenvalue weighted by Gasteiger charge is -2.10. The fourth-order valence-corrected chi connectivity index (χ4v) is 1.99. The molecule has 0 aliphatic rings. The minimum Gasteiger partial charge on any atom is -0.435 e. The molecule has 1 aromatic heterocycles. The van der Waals surface area contributed by atoms with E-state index in [-0.39, 0.29) is 27.0 Å². The first-order valence-corrected chi connectivity index (χ1v) is 6.38. The molecule has 2 aromatic rings. The van der Waals surface area contributed by atoms with Crippen molar-refractivity contribution >= 4 is 34.8 Å². The van der Waals surface area contributed by atoms with E-state index in [4.69, 9.17) is 23.2 Å². The first-order valence-electron chi connectivity index (χ1n) is 5.62. The molecule has 0 fully saturated rings. The van der Waals surface area contributed by atoms with E-state index >= 15 is 0 Å². The molecule has 110 valence electrons. The Kier molecular flexibility index (Phi) is 4.93. The number of halogens is 4. The van der Waals surface area contributed by atoms with Gasteiger partial charge in [0.05, 0.1) is 15.7 Å². The zero-order valence-corrected chi connectivity index (χ0v) is 11.8. The molecule has 0 saturated carbocycles. The highest BCUT2D eigenvalue weighted by Gasteiger charge is 2.13. The molecule has 0 aliphatic heterocycles. The molecule has 8 heteroatoms. The van der Waals surface area contributed by atoms with Gasteiger partial charge in [0.1, 0.15) is 5.75 Å². The summed E-state index contributed by atoms with van der Waals surface area (Å²) in [5.74, 6) is -0.686. The fourth-order valence-electron chi connectivity index (χ4n) is 1.53. The third-order valence-corrected chi connectivity index (χ3v) is 2.99. The number of carbonyl (C=O) groups excluding carboxylic acids is 1. The number of ether oxygens (including phenoxy) is 1. The number of benzene rings is 1. The van der Waals surface area contributed by atoms with Crippen LogP contribution in [0, 0.1) is 0 Å². The number of alkyl halides is 2. The number of pyridine rings is 1. The SMILES string of the molecule is O=C(Nc1c(Cl)cncc1Cl)c1cccc(OC(F)F)c1. The quantitative estimate of drug-likeness (QED) is 0.910. The molecule has 21 heavy (non-hydrogen) atoms. The van der Waals surface area contributed by atoms with E-state index < -0.39 is 12.5 Å². The summed E-state index contributed by atoms with van der Waals surface area (Å²) < 4.78 is 28.5. The van der Waals surface area contributed by atoms with Gasteiger partial charge in [-0.2, -0.15) is 8.78 Å². The van der Waals surface area contributed by atoms with Crippen LogP contribution >= 0.6 is 23.2 Å². The van der Waals surface area contributed by atoms with Crippen LogP contribution in [-0.2, 0) is 0 Å². The van der Waals surface area contributed by atoms with Gasteiger partial charge in [-0.05, 0) is 18.2 Å². The second-order valence-corrected chi connectivity index (χ2v) is 4.65. The Morgan fingerprint density at radius 1 is 1.24 bits per heavy atom. The van der Waals surface area contributed by atoms with Crippen molar-refractivity contribution in [3.8, 4) is 5.75 Å². The molecule has 1 heterocycles. The van der Waals surface area contributed by atoms with Gasteiger partial charge in [0.2, 0.25) is 0 Å². The molecule has 1 N–H and O–H groups in total. The summed E-state index contributed by atoms with van der Waals surface area (Å²) in [5.41, 5.74) is 0.315. The maximum atomic E-state index is 12.1. The summed E-state index contributed by atoms with van der Waals surface area (Å²) >= 11 is 11.8. The molecule has 0 atom stereocenters. The number of nitrogens with one attached hydrogen (secondary N) is 1. The van der Waals surface area contributed by atoms with Crippen molar-refractivity contribution in [2.45, 2.75) is 6.61 Å². The number of hydrogen-bond donors (Lipinski definition) is 1. The summed E-state index contributed by atoms with van der Waals surface area (Å²) in [4.78, 5) is 15.8. The first-order chi connectivity index (χ1) is 9.97. The molecule has 1 aromatic carbocycles. The monoisotopic (exact) mass is 332 g/mol. The van der Waals surface area contributed by atoms with Gasteiger partial charge < -0.3 is 10.1 Å². The van der Waals surface area contributed by atoms with Crippen LogP contribution in [0.3, 0.4) is 0 Å². The number of anilines is 1. The van der Waals surface area contributed by atoms with E-state index in [9.17, 15) is 13.6 Å². The number of carbonyl (C=O) groups is 1. The Bertz CT molecular complexity index is 648. The maximum Gasteiger partial charge on any atom is 0.387 e. The van der Waals surface area contributed by atoms with Crippen LogP contribution in [0.1, 0.15) is 10.4 Å². The average molecular weight is 333 g/mol. The van der Waals surface area contributed by atoms with Gasteiger partial charge >= 0.3 is 6.61 Å². The molecular formula is C13H8Cl2F2N2O2. The van der Waals surface area contributed by atoms with Crippen molar-refractivity contribution in [1.82, 2.24) is 4.98 Å². The zero-order chi connectivity index (χ0) is 15.4. The largest absolute Gasteiger partial charge is 0.435 e. The number of nitrogens with zero attached hydrogens (tertiary/aromatic N) is 1. The summed E-state index contributed by atoms with van der Waals surface area (Å²) in [6, 6.07) is 5.36. The van der Waals surface area contributed by atoms with Gasteiger partial charge in [-0.3, -0.25) is 9.78 Å². The van der Waals surface area contributed by atoms with Crippen LogP contribution in [0.4, 0.5) is 14.5 Å². The average Bonchev–Trinajstić information content (AvgIpc) is 2.42. The lowest BCUT2D eigenvalue weighted by atomic mass is 10.2. The second-order valence-electron chi connectivity index (χ2n) is 3.84. The van der Waals surface area contributed by atoms with E-state index in [1.807, 2.05) is 0 Å². The van der Waals surface area contributed by atoms with E-state index in [1.54, 1.807) is 0 Å². The number of hydrogen-bond acceptors (Lipinski definition) is 3. The van der Waals surface area contributed by atoms with Crippen LogP contribution in [0.2, 0.25) is 10.0 Å². The third-order valence-electron chi connectivity index (χ3n) is 2.41. The smallest absolute Gasteiger partial charge is 0.387 e. The van der Waals surface area contributed by atoms with Crippen LogP contribution < -0.4 is 10.1 Å². The molecular weight excluding hydrogens is 325 g/mol. The van der Waals surface area contributed by atoms with Crippen molar-refractivity contribution in [2.24, 2.45) is 0 Å². The van der Waals surface area contributed by atoms with Crippen LogP contribution in [0.15, 0.2) is 36.7 Å². The Morgan fingerprint density at radius 2 is 1.90 bits per heavy atom. The molecule has 2 rings (SSSR count). The standard InChI is InChI=1S/C13H8Cl2F2N2O2/c14-9-5-18-6-10(15)11(9)19-12(20)7-2-1-3-8(4-7)21-13(16)17/h1-6,13H,(H,18,19,20). The topological polar surface area (TPSA) is 51.2 Å². The fraction of sp³-hybridized carbons (Fsp3) is 0.0769. The van der Waals surface area contributed by atoms with E-state index in [2.05, 4.69) is 15.0 Å². The summed E-state index contributed by atoms with van der Waals surface area (Å²) in [6.07, 6.45) is 2.64. The van der Waals surface area contributed by atoms with E-state index in [1.165, 1.54) is 36.7 Å². The lowest BCUT2D eigenvalue weighted by Crippen LogP contribution is -2.13. The van der Waals surface area contributed by atoms with Crippen molar-refractivity contribution in [2.75, 3.05) is 5.32 Å². The van der Waals surface area contributed by atoms with Gasteiger partial charge in [0, 0.05) is 18.0 Å². The van der Waals surface area contributed by atoms with Crippen LogP contribution in [0.25, 0.3) is 0 Å². The Balaban J connectivity index is 2.21. The van der Waals surface area contributed by atoms with Gasteiger partial charge in [0.25, 0.3) is 5.91 Å². The highest BCUT2D eigenvalue weighted by molar-refractivity contribution is 6.39. The highest BCUT2D eigenvalue weighted by atomic mass is 35.5. The predicted molar refractivity (Wildman–Crippen MR) is 75.3 cm³/mol. The normalized spacial score (nSPS) is 10.5. The molecule has 0 radical (unpaired) electrons. The van der Waals surface area contributed by atoms with Gasteiger partial charge in [-0.15, -0.1) is 0 Å². The zero-order valence-electron chi connectivity index (χ0n) is 10.3. The number of aromatic nitrogens is 1. The molecule has 0 spiro atoms. The molecule has 1 amide bonds. The summed E-state index contributed by atoms with van der Waals surface area (Å²) in [5, 5.41) is 2.82. The molecule has 0 aliphatic carbocycles. The number of rotatable bonds is 4. The molecule has 4 nitrogen and oxygen atoms in total. The van der Waals surface area contributed by atoms with E-state index in [0.29, 0.717) is 0 Å². The molecule has 0 unspecified atom stereocenters. The van der Waals surface area contributed by atoms with Crippen molar-refractivity contribution in [1.29, 1.82) is 0 Å². The second kappa shape index (κ2) is 6.69. The van der Waals surface area contributed by atoms with Crippen molar-refractivity contribution in [3.05, 3.63) is 52.3 Å². The molecule has 0 saturated heterocycles. The van der Waals surface area contributed by atoms with Crippen LogP contribution in [0.5, 0.6) is 5.75 Å². The van der Waals surface area contributed by atoms with Crippen LogP contribution in [-0.4, -0.2) is 17.5 Å². The minimum atomic E-state index is -2.97. The Hall–Kier alpha value is -1.92. The van der Waals surface area contributed by atoms with Gasteiger partial charge in [-0.25, -0.2) is 0 Å². The first kappa shape index (κ1) is 15.5. The van der Waals surface area contributed by atoms with Crippen molar-refractivity contribution in [3.63, 3.8) is 0 Å². The van der Waals surface area contributed by atoms with E-state index in [0.717, 1.165) is 0 Å². The predicted octanol–water partition coefficient (Wildman–Crippen LogP) is 4.24. The lowest BCUT2D eigenvalue weighted by molar-refractivity contribution is -0.0498. The maximum absolute atomic E-state index is 12.1. The van der Waals surface area contributed by atoms with Gasteiger partial charge in [-0.1, -0.05) is 29.3 Å². The Labute approximate surface area is 128 Å². The summed E-state index contributed by atoms with van der Waals surface area (Å²) in [7, 11) is 0. The summed E-state index contributed by atoms with van der Waals surface area (Å²) in [6.45, 7) is -2.97. The minimum absolute atomic E-state index is 0.121. The van der Waals surface area contributed by atoms with Gasteiger partial charge in [0.15, 0.2) is 0 Å². The number of amides is 1.